The van der Waals surface area contributed by atoms with Gasteiger partial charge in [0.25, 0.3) is 0 Å². The van der Waals surface area contributed by atoms with Gasteiger partial charge < -0.3 is 15.7 Å². The Morgan fingerprint density at radius 2 is 1.89 bits per heavy atom. The summed E-state index contributed by atoms with van der Waals surface area (Å²) >= 11 is 0.992. The highest BCUT2D eigenvalue weighted by atomic mass is 32.1. The molecule has 1 aromatic heterocycles. The second kappa shape index (κ2) is 6.69. The molecular formula is C10H13N3O5S. The number of aryl methyl sites for hydroxylation is 1. The lowest BCUT2D eigenvalue weighted by Gasteiger charge is -2.06. The Hall–Kier alpha value is -2.16. The highest BCUT2D eigenvalue weighted by Crippen LogP contribution is 1.98. The fourth-order valence-corrected chi connectivity index (χ4v) is 1.95. The average Bonchev–Trinajstić information content (AvgIpc) is 2.65. The van der Waals surface area contributed by atoms with E-state index < -0.39 is 24.3 Å². The number of hydrogen-bond acceptors (Lipinski definition) is 5. The van der Waals surface area contributed by atoms with Gasteiger partial charge in [0.05, 0.1) is 6.54 Å². The van der Waals surface area contributed by atoms with Gasteiger partial charge in [-0.05, 0) is 6.92 Å². The zero-order valence-corrected chi connectivity index (χ0v) is 11.0. The van der Waals surface area contributed by atoms with Crippen molar-refractivity contribution >= 4 is 29.1 Å². The van der Waals surface area contributed by atoms with Gasteiger partial charge in [0.2, 0.25) is 11.8 Å². The largest absolute Gasteiger partial charge is 0.480 e. The molecule has 19 heavy (non-hydrogen) atoms. The van der Waals surface area contributed by atoms with Crippen LogP contribution in [0, 0.1) is 6.92 Å². The second-order valence-electron chi connectivity index (χ2n) is 3.68. The first-order valence-corrected chi connectivity index (χ1v) is 6.18. The number of aromatic nitrogens is 1. The van der Waals surface area contributed by atoms with Gasteiger partial charge in [-0.3, -0.25) is 23.7 Å². The molecule has 0 unspecified atom stereocenters. The summed E-state index contributed by atoms with van der Waals surface area (Å²) in [5.41, 5.74) is 0.667. The molecule has 2 amide bonds. The van der Waals surface area contributed by atoms with Crippen molar-refractivity contribution in [3.8, 4) is 0 Å². The fourth-order valence-electron chi connectivity index (χ4n) is 1.21. The van der Waals surface area contributed by atoms with Crippen LogP contribution in [0.3, 0.4) is 0 Å². The fraction of sp³-hybridized carbons (Fsp3) is 0.400. The number of carboxylic acids is 1. The minimum atomic E-state index is -1.17. The van der Waals surface area contributed by atoms with E-state index in [9.17, 15) is 19.2 Å². The number of thiazole rings is 1. The Bertz CT molecular complexity index is 548. The molecule has 0 saturated heterocycles. The molecule has 0 saturated carbocycles. The SMILES string of the molecule is Cc1csc(=O)n1CC(=O)NCC(=O)NCC(=O)O. The van der Waals surface area contributed by atoms with Crippen molar-refractivity contribution in [3.05, 3.63) is 20.7 Å². The summed E-state index contributed by atoms with van der Waals surface area (Å²) in [7, 11) is 0. The van der Waals surface area contributed by atoms with Crippen LogP contribution in [0.1, 0.15) is 5.69 Å². The number of aliphatic carboxylic acids is 1. The van der Waals surface area contributed by atoms with Gasteiger partial charge in [-0.2, -0.15) is 0 Å². The quantitative estimate of drug-likeness (QED) is 0.591. The highest BCUT2D eigenvalue weighted by Gasteiger charge is 2.10. The third-order valence-corrected chi connectivity index (χ3v) is 3.04. The minimum absolute atomic E-state index is 0.166. The van der Waals surface area contributed by atoms with Crippen molar-refractivity contribution < 1.29 is 19.5 Å². The summed E-state index contributed by atoms with van der Waals surface area (Å²) in [4.78, 5) is 43.9. The van der Waals surface area contributed by atoms with Crippen molar-refractivity contribution in [2.75, 3.05) is 13.1 Å². The number of nitrogens with one attached hydrogen (secondary N) is 2. The maximum absolute atomic E-state index is 11.5. The van der Waals surface area contributed by atoms with E-state index in [0.29, 0.717) is 5.69 Å². The van der Waals surface area contributed by atoms with E-state index in [1.807, 2.05) is 0 Å². The molecule has 1 rings (SSSR count). The highest BCUT2D eigenvalue weighted by molar-refractivity contribution is 7.07. The van der Waals surface area contributed by atoms with Crippen LogP contribution < -0.4 is 15.5 Å². The number of carbonyl (C=O) groups excluding carboxylic acids is 2. The molecule has 1 aromatic rings. The topological polar surface area (TPSA) is 118 Å². The van der Waals surface area contributed by atoms with E-state index >= 15 is 0 Å². The molecule has 8 nitrogen and oxygen atoms in total. The first-order valence-electron chi connectivity index (χ1n) is 5.30. The van der Waals surface area contributed by atoms with Crippen LogP contribution >= 0.6 is 11.3 Å². The van der Waals surface area contributed by atoms with E-state index in [2.05, 4.69) is 10.6 Å². The summed E-state index contributed by atoms with van der Waals surface area (Å²) in [6.07, 6.45) is 0. The van der Waals surface area contributed by atoms with E-state index in [1.165, 1.54) is 4.57 Å². The van der Waals surface area contributed by atoms with E-state index in [0.717, 1.165) is 11.3 Å². The maximum Gasteiger partial charge on any atom is 0.322 e. The van der Waals surface area contributed by atoms with Crippen molar-refractivity contribution in [3.63, 3.8) is 0 Å². The third-order valence-electron chi connectivity index (χ3n) is 2.16. The predicted molar refractivity (Wildman–Crippen MR) is 67.0 cm³/mol. The molecule has 104 valence electrons. The zero-order valence-electron chi connectivity index (χ0n) is 10.1. The van der Waals surface area contributed by atoms with Crippen molar-refractivity contribution in [2.24, 2.45) is 0 Å². The molecule has 0 aliphatic carbocycles. The lowest BCUT2D eigenvalue weighted by Crippen LogP contribution is -2.40. The summed E-state index contributed by atoms with van der Waals surface area (Å²) in [6.45, 7) is 0.701. The second-order valence-corrected chi connectivity index (χ2v) is 4.50. The van der Waals surface area contributed by atoms with Crippen LogP contribution in [-0.4, -0.2) is 40.5 Å². The van der Waals surface area contributed by atoms with Crippen LogP contribution in [0.15, 0.2) is 10.2 Å². The van der Waals surface area contributed by atoms with E-state index in [-0.39, 0.29) is 18.0 Å². The normalized spacial score (nSPS) is 9.95. The summed E-state index contributed by atoms with van der Waals surface area (Å²) < 4.78 is 1.29. The molecule has 0 aliphatic heterocycles. The predicted octanol–water partition coefficient (Wildman–Crippen LogP) is -1.46. The molecule has 0 bridgehead atoms. The van der Waals surface area contributed by atoms with Crippen LogP contribution in [-0.2, 0) is 20.9 Å². The molecular weight excluding hydrogens is 274 g/mol. The number of carbonyl (C=O) groups is 3. The molecule has 0 spiro atoms. The molecule has 0 atom stereocenters. The van der Waals surface area contributed by atoms with Crippen LogP contribution in [0.25, 0.3) is 0 Å². The third kappa shape index (κ3) is 4.92. The van der Waals surface area contributed by atoms with Crippen LogP contribution in [0.4, 0.5) is 0 Å². The van der Waals surface area contributed by atoms with Crippen LogP contribution in [0.2, 0.25) is 0 Å². The van der Waals surface area contributed by atoms with Gasteiger partial charge >= 0.3 is 10.8 Å². The summed E-state index contributed by atoms with van der Waals surface area (Å²) in [5.74, 6) is -2.26. The molecule has 0 aliphatic rings. The van der Waals surface area contributed by atoms with Gasteiger partial charge in [-0.15, -0.1) is 0 Å². The molecule has 0 radical (unpaired) electrons. The zero-order chi connectivity index (χ0) is 14.4. The molecule has 0 fully saturated rings. The summed E-state index contributed by atoms with van der Waals surface area (Å²) in [6, 6.07) is 0. The van der Waals surface area contributed by atoms with Gasteiger partial charge in [-0.25, -0.2) is 0 Å². The molecule has 0 aromatic carbocycles. The molecule has 1 heterocycles. The van der Waals surface area contributed by atoms with Crippen molar-refractivity contribution in [1.29, 1.82) is 0 Å². The smallest absolute Gasteiger partial charge is 0.322 e. The number of hydrogen-bond donors (Lipinski definition) is 3. The average molecular weight is 287 g/mol. The van der Waals surface area contributed by atoms with E-state index in [1.54, 1.807) is 12.3 Å². The van der Waals surface area contributed by atoms with Gasteiger partial charge in [0.15, 0.2) is 0 Å². The standard InChI is InChI=1S/C10H13N3O5S/c1-6-5-19-10(18)13(6)4-8(15)11-2-7(14)12-3-9(16)17/h5H,2-4H2,1H3,(H,11,15)(H,12,14)(H,16,17). The monoisotopic (exact) mass is 287 g/mol. The lowest BCUT2D eigenvalue weighted by molar-refractivity contribution is -0.137. The number of carboxylic acid groups (broad SMARTS) is 1. The Labute approximate surface area is 112 Å². The maximum atomic E-state index is 11.5. The van der Waals surface area contributed by atoms with Gasteiger partial charge in [0, 0.05) is 11.1 Å². The van der Waals surface area contributed by atoms with Gasteiger partial charge in [0.1, 0.15) is 13.1 Å². The Balaban J connectivity index is 2.38. The van der Waals surface area contributed by atoms with Crippen molar-refractivity contribution in [2.45, 2.75) is 13.5 Å². The Kier molecular flexibility index (Phi) is 5.24. The Morgan fingerprint density at radius 1 is 1.26 bits per heavy atom. The van der Waals surface area contributed by atoms with Gasteiger partial charge in [-0.1, -0.05) is 11.3 Å². The summed E-state index contributed by atoms with van der Waals surface area (Å²) in [5, 5.41) is 14.4. The molecule has 9 heteroatoms. The van der Waals surface area contributed by atoms with E-state index in [4.69, 9.17) is 5.11 Å². The number of nitrogens with zero attached hydrogens (tertiary/aromatic N) is 1. The first-order chi connectivity index (χ1) is 8.90. The number of rotatable bonds is 6. The Morgan fingerprint density at radius 3 is 2.42 bits per heavy atom. The molecule has 3 N–H and O–H groups in total. The lowest BCUT2D eigenvalue weighted by atomic mass is 10.4. The van der Waals surface area contributed by atoms with Crippen molar-refractivity contribution in [1.82, 2.24) is 15.2 Å². The van der Waals surface area contributed by atoms with Crippen LogP contribution in [0.5, 0.6) is 0 Å². The minimum Gasteiger partial charge on any atom is -0.480 e. The number of amides is 2. The first kappa shape index (κ1) is 14.9.